The van der Waals surface area contributed by atoms with E-state index in [1.54, 1.807) is 5.32 Å². The third kappa shape index (κ3) is 3.57. The maximum absolute atomic E-state index is 11.9. The number of nitrogens with one attached hydrogen (secondary N) is 1. The molecular weight excluding hydrogens is 266 g/mol. The van der Waals surface area contributed by atoms with Crippen LogP contribution in [0.15, 0.2) is 18.2 Å². The number of amides is 1. The molecule has 0 bridgehead atoms. The monoisotopic (exact) mass is 271 g/mol. The third-order valence-corrected chi connectivity index (χ3v) is 2.31. The highest BCUT2D eigenvalue weighted by molar-refractivity contribution is 6.33. The molecule has 0 atom stereocenters. The number of benzene rings is 1. The molecule has 1 rings (SSSR count). The standard InChI is InChI=1S/C9H6Cl2F3NO/c10-6-1-2-7(11)5(3-6)4-15-8(16)9(12,13)14/h1-3H,4H2,(H,15,16). The summed E-state index contributed by atoms with van der Waals surface area (Å²) >= 11 is 11.3. The van der Waals surface area contributed by atoms with Crippen LogP contribution in [0.5, 0.6) is 0 Å². The van der Waals surface area contributed by atoms with Crippen LogP contribution in [0.2, 0.25) is 10.0 Å². The molecule has 2 nitrogen and oxygen atoms in total. The van der Waals surface area contributed by atoms with Crippen molar-refractivity contribution in [3.05, 3.63) is 33.8 Å². The maximum atomic E-state index is 11.9. The molecule has 16 heavy (non-hydrogen) atoms. The largest absolute Gasteiger partial charge is 0.471 e. The molecule has 0 unspecified atom stereocenters. The van der Waals surface area contributed by atoms with Gasteiger partial charge < -0.3 is 5.32 Å². The van der Waals surface area contributed by atoms with E-state index < -0.39 is 12.1 Å². The van der Waals surface area contributed by atoms with Gasteiger partial charge in [0.05, 0.1) is 0 Å². The Balaban J connectivity index is 2.68. The van der Waals surface area contributed by atoms with Crippen LogP contribution in [0.1, 0.15) is 5.56 Å². The quantitative estimate of drug-likeness (QED) is 0.880. The maximum Gasteiger partial charge on any atom is 0.471 e. The Labute approximate surface area is 99.3 Å². The van der Waals surface area contributed by atoms with E-state index in [2.05, 4.69) is 0 Å². The first-order chi connectivity index (χ1) is 7.30. The van der Waals surface area contributed by atoms with Crippen LogP contribution in [0.3, 0.4) is 0 Å². The Morgan fingerprint density at radius 3 is 2.50 bits per heavy atom. The van der Waals surface area contributed by atoms with Crippen LogP contribution in [0, 0.1) is 0 Å². The third-order valence-electron chi connectivity index (χ3n) is 1.70. The first-order valence-corrected chi connectivity index (χ1v) is 4.85. The van der Waals surface area contributed by atoms with Gasteiger partial charge in [-0.15, -0.1) is 0 Å². The van der Waals surface area contributed by atoms with Crippen molar-refractivity contribution < 1.29 is 18.0 Å². The fourth-order valence-electron chi connectivity index (χ4n) is 0.955. The Bertz CT molecular complexity index is 406. The van der Waals surface area contributed by atoms with E-state index in [9.17, 15) is 18.0 Å². The minimum Gasteiger partial charge on any atom is -0.344 e. The topological polar surface area (TPSA) is 29.1 Å². The van der Waals surface area contributed by atoms with Gasteiger partial charge in [-0.25, -0.2) is 0 Å². The van der Waals surface area contributed by atoms with Crippen molar-refractivity contribution in [1.29, 1.82) is 0 Å². The summed E-state index contributed by atoms with van der Waals surface area (Å²) in [6, 6.07) is 4.33. The van der Waals surface area contributed by atoms with Crippen molar-refractivity contribution >= 4 is 29.1 Å². The summed E-state index contributed by atoms with van der Waals surface area (Å²) < 4.78 is 35.6. The fourth-order valence-corrected chi connectivity index (χ4v) is 1.33. The summed E-state index contributed by atoms with van der Waals surface area (Å²) in [6.07, 6.45) is -4.90. The van der Waals surface area contributed by atoms with Gasteiger partial charge in [0.2, 0.25) is 0 Å². The lowest BCUT2D eigenvalue weighted by molar-refractivity contribution is -0.173. The number of rotatable bonds is 2. The molecular formula is C9H6Cl2F3NO. The lowest BCUT2D eigenvalue weighted by Gasteiger charge is -2.09. The summed E-state index contributed by atoms with van der Waals surface area (Å²) in [5.41, 5.74) is 0.326. The Morgan fingerprint density at radius 2 is 1.94 bits per heavy atom. The minimum atomic E-state index is -4.90. The van der Waals surface area contributed by atoms with E-state index in [1.807, 2.05) is 0 Å². The van der Waals surface area contributed by atoms with Crippen molar-refractivity contribution in [2.75, 3.05) is 0 Å². The summed E-state index contributed by atoms with van der Waals surface area (Å²) in [4.78, 5) is 10.5. The molecule has 88 valence electrons. The van der Waals surface area contributed by atoms with E-state index in [0.717, 1.165) is 0 Å². The molecule has 1 aromatic carbocycles. The number of carbonyl (C=O) groups is 1. The number of hydrogen-bond donors (Lipinski definition) is 1. The molecule has 7 heteroatoms. The first kappa shape index (κ1) is 13.1. The van der Waals surface area contributed by atoms with Gasteiger partial charge in [-0.3, -0.25) is 4.79 Å². The van der Waals surface area contributed by atoms with Gasteiger partial charge in [-0.2, -0.15) is 13.2 Å². The molecule has 0 aliphatic heterocycles. The molecule has 0 aromatic heterocycles. The highest BCUT2D eigenvalue weighted by atomic mass is 35.5. The Morgan fingerprint density at radius 1 is 1.31 bits per heavy atom. The molecule has 0 spiro atoms. The number of halogens is 5. The lowest BCUT2D eigenvalue weighted by atomic mass is 10.2. The predicted molar refractivity (Wildman–Crippen MR) is 54.4 cm³/mol. The van der Waals surface area contributed by atoms with Crippen LogP contribution >= 0.6 is 23.2 Å². The van der Waals surface area contributed by atoms with Crippen molar-refractivity contribution in [2.24, 2.45) is 0 Å². The average Bonchev–Trinajstić information content (AvgIpc) is 2.17. The Kier molecular flexibility index (Phi) is 4.04. The van der Waals surface area contributed by atoms with Gasteiger partial charge >= 0.3 is 12.1 Å². The smallest absolute Gasteiger partial charge is 0.344 e. The fraction of sp³-hybridized carbons (Fsp3) is 0.222. The van der Waals surface area contributed by atoms with Crippen molar-refractivity contribution in [3.63, 3.8) is 0 Å². The zero-order valence-corrected chi connectivity index (χ0v) is 9.25. The molecule has 1 N–H and O–H groups in total. The minimum absolute atomic E-state index is 0.242. The Hall–Kier alpha value is -0.940. The summed E-state index contributed by atoms with van der Waals surface area (Å²) in [6.45, 7) is -0.322. The molecule has 0 fully saturated rings. The van der Waals surface area contributed by atoms with Gasteiger partial charge in [0.25, 0.3) is 0 Å². The summed E-state index contributed by atoms with van der Waals surface area (Å²) in [5.74, 6) is -2.01. The second-order valence-electron chi connectivity index (χ2n) is 2.92. The van der Waals surface area contributed by atoms with Crippen LogP contribution in [0.25, 0.3) is 0 Å². The summed E-state index contributed by atoms with van der Waals surface area (Å²) in [5, 5.41) is 2.28. The highest BCUT2D eigenvalue weighted by Crippen LogP contribution is 2.21. The van der Waals surface area contributed by atoms with Crippen molar-refractivity contribution in [1.82, 2.24) is 5.32 Å². The zero-order valence-electron chi connectivity index (χ0n) is 7.74. The second-order valence-corrected chi connectivity index (χ2v) is 3.76. The van der Waals surface area contributed by atoms with E-state index in [1.165, 1.54) is 18.2 Å². The van der Waals surface area contributed by atoms with Gasteiger partial charge in [-0.1, -0.05) is 23.2 Å². The zero-order chi connectivity index (χ0) is 12.3. The second kappa shape index (κ2) is 4.93. The van der Waals surface area contributed by atoms with Gasteiger partial charge in [0.1, 0.15) is 0 Å². The molecule has 0 heterocycles. The van der Waals surface area contributed by atoms with E-state index in [-0.39, 0.29) is 11.6 Å². The normalized spacial score (nSPS) is 11.3. The van der Waals surface area contributed by atoms with Crippen LogP contribution < -0.4 is 5.32 Å². The van der Waals surface area contributed by atoms with E-state index in [0.29, 0.717) is 10.6 Å². The van der Waals surface area contributed by atoms with Crippen molar-refractivity contribution in [2.45, 2.75) is 12.7 Å². The molecule has 0 saturated heterocycles. The van der Waals surface area contributed by atoms with Gasteiger partial charge in [0.15, 0.2) is 0 Å². The van der Waals surface area contributed by atoms with Crippen LogP contribution in [-0.4, -0.2) is 12.1 Å². The highest BCUT2D eigenvalue weighted by Gasteiger charge is 2.38. The van der Waals surface area contributed by atoms with Crippen LogP contribution in [0.4, 0.5) is 13.2 Å². The molecule has 1 aromatic rings. The SMILES string of the molecule is O=C(NCc1cc(Cl)ccc1Cl)C(F)(F)F. The average molecular weight is 272 g/mol. The van der Waals surface area contributed by atoms with Crippen LogP contribution in [-0.2, 0) is 11.3 Å². The first-order valence-electron chi connectivity index (χ1n) is 4.09. The lowest BCUT2D eigenvalue weighted by Crippen LogP contribution is -2.36. The predicted octanol–water partition coefficient (Wildman–Crippen LogP) is 3.17. The van der Waals surface area contributed by atoms with E-state index >= 15 is 0 Å². The molecule has 0 aliphatic rings. The molecule has 1 amide bonds. The van der Waals surface area contributed by atoms with Gasteiger partial charge in [-0.05, 0) is 23.8 Å². The number of carbonyl (C=O) groups excluding carboxylic acids is 1. The molecule has 0 saturated carbocycles. The summed E-state index contributed by atoms with van der Waals surface area (Å²) in [7, 11) is 0. The molecule has 0 aliphatic carbocycles. The van der Waals surface area contributed by atoms with Gasteiger partial charge in [0, 0.05) is 16.6 Å². The molecule has 0 radical (unpaired) electrons. The number of hydrogen-bond acceptors (Lipinski definition) is 1. The van der Waals surface area contributed by atoms with Crippen molar-refractivity contribution in [3.8, 4) is 0 Å². The van der Waals surface area contributed by atoms with E-state index in [4.69, 9.17) is 23.2 Å². The number of alkyl halides is 3.